The summed E-state index contributed by atoms with van der Waals surface area (Å²) >= 11 is 6.14. The highest BCUT2D eigenvalue weighted by Crippen LogP contribution is 2.17. The summed E-state index contributed by atoms with van der Waals surface area (Å²) in [5.74, 6) is 0.208. The molecule has 3 nitrogen and oxygen atoms in total. The van der Waals surface area contributed by atoms with Gasteiger partial charge in [0.25, 0.3) is 0 Å². The third-order valence-electron chi connectivity index (χ3n) is 3.40. The lowest BCUT2D eigenvalue weighted by molar-refractivity contribution is -0.131. The Morgan fingerprint density at radius 2 is 1.86 bits per heavy atom. The fourth-order valence-electron chi connectivity index (χ4n) is 2.14. The highest BCUT2D eigenvalue weighted by molar-refractivity contribution is 6.31. The topological polar surface area (TPSA) is 46.3 Å². The molecule has 0 aliphatic heterocycles. The van der Waals surface area contributed by atoms with E-state index in [1.165, 1.54) is 0 Å². The molecule has 0 fully saturated rings. The highest BCUT2D eigenvalue weighted by atomic mass is 35.5. The molecule has 1 aromatic carbocycles. The summed E-state index contributed by atoms with van der Waals surface area (Å²) < 4.78 is 0. The average Bonchev–Trinajstić information content (AvgIpc) is 2.46. The first kappa shape index (κ1) is 20.2. The number of amides is 1. The zero-order valence-corrected chi connectivity index (χ0v) is 14.3. The molecule has 0 spiro atoms. The number of nitrogens with zero attached hydrogens (tertiary/aromatic N) is 1. The van der Waals surface area contributed by atoms with E-state index in [4.69, 9.17) is 17.3 Å². The van der Waals surface area contributed by atoms with E-state index in [0.717, 1.165) is 42.8 Å². The maximum Gasteiger partial charge on any atom is 0.222 e. The summed E-state index contributed by atoms with van der Waals surface area (Å²) in [7, 11) is 0. The fraction of sp³-hybridized carbons (Fsp3) is 0.562. The molecule has 1 rings (SSSR count). The number of rotatable bonds is 9. The largest absolute Gasteiger partial charge is 0.339 e. The Hall–Kier alpha value is -0.770. The lowest BCUT2D eigenvalue weighted by atomic mass is 10.1. The molecule has 0 saturated carbocycles. The summed E-state index contributed by atoms with van der Waals surface area (Å²) in [6.07, 6.45) is 4.79. The van der Waals surface area contributed by atoms with E-state index in [9.17, 15) is 4.79 Å². The summed E-state index contributed by atoms with van der Waals surface area (Å²) in [6, 6.07) is 7.69. The van der Waals surface area contributed by atoms with Gasteiger partial charge in [0.1, 0.15) is 0 Å². The second-order valence-electron chi connectivity index (χ2n) is 4.95. The van der Waals surface area contributed by atoms with Crippen molar-refractivity contribution in [2.24, 2.45) is 5.73 Å². The van der Waals surface area contributed by atoms with Crippen molar-refractivity contribution in [3.63, 3.8) is 0 Å². The van der Waals surface area contributed by atoms with Crippen molar-refractivity contribution in [1.29, 1.82) is 0 Å². The van der Waals surface area contributed by atoms with Crippen molar-refractivity contribution in [2.45, 2.75) is 45.6 Å². The SMILES string of the molecule is CCN(Cc1ccccc1Cl)C(=O)CCCCCCN.Cl. The third kappa shape index (κ3) is 7.70. The maximum atomic E-state index is 12.2. The van der Waals surface area contributed by atoms with E-state index in [1.54, 1.807) is 0 Å². The van der Waals surface area contributed by atoms with Gasteiger partial charge in [0, 0.05) is 24.5 Å². The van der Waals surface area contributed by atoms with E-state index in [2.05, 4.69) is 0 Å². The van der Waals surface area contributed by atoms with Crippen LogP contribution in [0.1, 0.15) is 44.6 Å². The van der Waals surface area contributed by atoms with E-state index in [-0.39, 0.29) is 18.3 Å². The Morgan fingerprint density at radius 3 is 2.48 bits per heavy atom. The van der Waals surface area contributed by atoms with Gasteiger partial charge in [-0.3, -0.25) is 4.79 Å². The van der Waals surface area contributed by atoms with Gasteiger partial charge in [-0.2, -0.15) is 0 Å². The summed E-state index contributed by atoms with van der Waals surface area (Å²) in [5, 5.41) is 0.724. The number of nitrogens with two attached hydrogens (primary N) is 1. The molecule has 0 saturated heterocycles. The van der Waals surface area contributed by atoms with Gasteiger partial charge in [-0.05, 0) is 37.9 Å². The Kier molecular flexibility index (Phi) is 11.4. The Balaban J connectivity index is 0.00000400. The molecular formula is C16H26Cl2N2O. The molecule has 0 bridgehead atoms. The second-order valence-corrected chi connectivity index (χ2v) is 5.36. The Morgan fingerprint density at radius 1 is 1.19 bits per heavy atom. The van der Waals surface area contributed by atoms with Crippen LogP contribution in [0, 0.1) is 0 Å². The van der Waals surface area contributed by atoms with Gasteiger partial charge < -0.3 is 10.6 Å². The van der Waals surface area contributed by atoms with E-state index in [1.807, 2.05) is 36.1 Å². The molecule has 0 unspecified atom stereocenters. The van der Waals surface area contributed by atoms with Crippen molar-refractivity contribution in [3.8, 4) is 0 Å². The lowest BCUT2D eigenvalue weighted by Gasteiger charge is -2.21. The smallest absolute Gasteiger partial charge is 0.222 e. The van der Waals surface area contributed by atoms with Gasteiger partial charge in [0.2, 0.25) is 5.91 Å². The quantitative estimate of drug-likeness (QED) is 0.694. The van der Waals surface area contributed by atoms with Crippen LogP contribution in [0.3, 0.4) is 0 Å². The maximum absolute atomic E-state index is 12.2. The van der Waals surface area contributed by atoms with Crippen LogP contribution in [0.25, 0.3) is 0 Å². The number of halogens is 2. The van der Waals surface area contributed by atoms with Crippen LogP contribution in [0.4, 0.5) is 0 Å². The summed E-state index contributed by atoms with van der Waals surface area (Å²) in [6.45, 7) is 4.05. The van der Waals surface area contributed by atoms with Crippen molar-refractivity contribution in [2.75, 3.05) is 13.1 Å². The summed E-state index contributed by atoms with van der Waals surface area (Å²) in [5.41, 5.74) is 6.46. The monoisotopic (exact) mass is 332 g/mol. The second kappa shape index (κ2) is 11.8. The van der Waals surface area contributed by atoms with Gasteiger partial charge in [-0.15, -0.1) is 12.4 Å². The number of carbonyl (C=O) groups excluding carboxylic acids is 1. The number of hydrogen-bond acceptors (Lipinski definition) is 2. The molecule has 0 aliphatic rings. The van der Waals surface area contributed by atoms with Crippen LogP contribution in [0.5, 0.6) is 0 Å². The molecule has 21 heavy (non-hydrogen) atoms. The van der Waals surface area contributed by atoms with Crippen LogP contribution < -0.4 is 5.73 Å². The molecule has 0 heterocycles. The standard InChI is InChI=1S/C16H25ClN2O.ClH/c1-2-19(13-14-9-6-7-10-15(14)17)16(20)11-5-3-4-8-12-18;/h6-7,9-10H,2-5,8,11-13,18H2,1H3;1H. The minimum Gasteiger partial charge on any atom is -0.339 e. The van der Waals surface area contributed by atoms with Crippen LogP contribution in [-0.2, 0) is 11.3 Å². The molecule has 0 atom stereocenters. The van der Waals surface area contributed by atoms with Crippen LogP contribution in [0.2, 0.25) is 5.02 Å². The Labute approximate surface area is 139 Å². The molecule has 0 radical (unpaired) electrons. The average molecular weight is 333 g/mol. The Bertz CT molecular complexity index is 413. The predicted molar refractivity (Wildman–Crippen MR) is 91.9 cm³/mol. The fourth-order valence-corrected chi connectivity index (χ4v) is 2.34. The number of hydrogen-bond donors (Lipinski definition) is 1. The summed E-state index contributed by atoms with van der Waals surface area (Å²) in [4.78, 5) is 14.0. The first-order valence-corrected chi connectivity index (χ1v) is 7.78. The molecule has 0 aromatic heterocycles. The van der Waals surface area contributed by atoms with Gasteiger partial charge in [-0.1, -0.05) is 42.6 Å². The molecule has 1 aromatic rings. The molecule has 0 aliphatic carbocycles. The van der Waals surface area contributed by atoms with Crippen molar-refractivity contribution < 1.29 is 4.79 Å². The molecular weight excluding hydrogens is 307 g/mol. The third-order valence-corrected chi connectivity index (χ3v) is 3.77. The molecule has 2 N–H and O–H groups in total. The van der Waals surface area contributed by atoms with Crippen LogP contribution >= 0.6 is 24.0 Å². The van der Waals surface area contributed by atoms with Crippen molar-refractivity contribution in [1.82, 2.24) is 4.90 Å². The number of carbonyl (C=O) groups is 1. The number of benzene rings is 1. The van der Waals surface area contributed by atoms with Gasteiger partial charge in [-0.25, -0.2) is 0 Å². The molecule has 5 heteroatoms. The van der Waals surface area contributed by atoms with Gasteiger partial charge in [0.05, 0.1) is 0 Å². The van der Waals surface area contributed by atoms with Crippen LogP contribution in [0.15, 0.2) is 24.3 Å². The zero-order valence-electron chi connectivity index (χ0n) is 12.7. The minimum atomic E-state index is 0. The van der Waals surface area contributed by atoms with E-state index >= 15 is 0 Å². The normalized spacial score (nSPS) is 10.0. The first-order chi connectivity index (χ1) is 9.69. The van der Waals surface area contributed by atoms with Crippen LogP contribution in [-0.4, -0.2) is 23.9 Å². The van der Waals surface area contributed by atoms with E-state index < -0.39 is 0 Å². The highest BCUT2D eigenvalue weighted by Gasteiger charge is 2.12. The van der Waals surface area contributed by atoms with Crippen molar-refractivity contribution in [3.05, 3.63) is 34.9 Å². The predicted octanol–water partition coefficient (Wildman–Crippen LogP) is 4.02. The first-order valence-electron chi connectivity index (χ1n) is 7.40. The van der Waals surface area contributed by atoms with Gasteiger partial charge >= 0.3 is 0 Å². The lowest BCUT2D eigenvalue weighted by Crippen LogP contribution is -2.30. The molecule has 1 amide bonds. The van der Waals surface area contributed by atoms with Gasteiger partial charge in [0.15, 0.2) is 0 Å². The minimum absolute atomic E-state index is 0. The van der Waals surface area contributed by atoms with E-state index in [0.29, 0.717) is 19.5 Å². The van der Waals surface area contributed by atoms with Crippen molar-refractivity contribution >= 4 is 29.9 Å². The molecule has 120 valence electrons. The zero-order chi connectivity index (χ0) is 14.8. The number of unbranched alkanes of at least 4 members (excludes halogenated alkanes) is 3.